The van der Waals surface area contributed by atoms with Crippen molar-refractivity contribution in [3.05, 3.63) is 85.1 Å². The number of hydrogen-bond acceptors (Lipinski definition) is 7. The number of carbonyl (C=O) groups is 2. The highest BCUT2D eigenvalue weighted by Gasteiger charge is 2.33. The summed E-state index contributed by atoms with van der Waals surface area (Å²) in [6, 6.07) is 14.2. The van der Waals surface area contributed by atoms with Crippen LogP contribution in [0.15, 0.2) is 52.4 Å². The van der Waals surface area contributed by atoms with Gasteiger partial charge in [0.15, 0.2) is 0 Å². The highest BCUT2D eigenvalue weighted by Crippen LogP contribution is 2.45. The maximum absolute atomic E-state index is 13.1. The van der Waals surface area contributed by atoms with Crippen LogP contribution in [0.5, 0.6) is 5.75 Å². The molecule has 0 amide bonds. The van der Waals surface area contributed by atoms with Gasteiger partial charge in [0.1, 0.15) is 11.4 Å². The second kappa shape index (κ2) is 12.5. The predicted octanol–water partition coefficient (Wildman–Crippen LogP) is 8.78. The summed E-state index contributed by atoms with van der Waals surface area (Å²) in [7, 11) is 3.10. The van der Waals surface area contributed by atoms with Crippen LogP contribution in [0.3, 0.4) is 0 Å². The lowest BCUT2D eigenvalue weighted by molar-refractivity contribution is 0.0542. The van der Waals surface area contributed by atoms with Crippen LogP contribution in [0.1, 0.15) is 83.1 Å². The van der Waals surface area contributed by atoms with Crippen molar-refractivity contribution in [2.24, 2.45) is 0 Å². The Morgan fingerprint density at radius 2 is 1.79 bits per heavy atom. The molecular formula is C34H39BrN2O5S. The van der Waals surface area contributed by atoms with Crippen LogP contribution in [0.25, 0.3) is 10.9 Å². The molecular weight excluding hydrogens is 628 g/mol. The van der Waals surface area contributed by atoms with E-state index in [1.165, 1.54) is 17.6 Å². The third-order valence-electron chi connectivity index (χ3n) is 8.20. The number of hydrogen-bond donors (Lipinski definition) is 0. The fourth-order valence-electron chi connectivity index (χ4n) is 6.23. The summed E-state index contributed by atoms with van der Waals surface area (Å²) in [5.41, 5.74) is 5.29. The Hall–Kier alpha value is -3.14. The summed E-state index contributed by atoms with van der Waals surface area (Å²) in [5.74, 6) is 0.869. The van der Waals surface area contributed by atoms with Crippen molar-refractivity contribution in [2.45, 2.75) is 71.6 Å². The first kappa shape index (κ1) is 31.3. The fraction of sp³-hybridized carbons (Fsp3) is 0.412. The number of fused-ring (bicyclic) bond motifs is 1. The van der Waals surface area contributed by atoms with E-state index in [0.717, 1.165) is 56.5 Å². The summed E-state index contributed by atoms with van der Waals surface area (Å²) in [6.07, 6.45) is 3.36. The third-order valence-corrected chi connectivity index (χ3v) is 9.77. The molecule has 2 aromatic heterocycles. The van der Waals surface area contributed by atoms with E-state index in [1.807, 2.05) is 64.1 Å². The van der Waals surface area contributed by atoms with Crippen LogP contribution >= 0.6 is 27.3 Å². The van der Waals surface area contributed by atoms with Crippen molar-refractivity contribution in [1.29, 1.82) is 0 Å². The molecule has 0 aliphatic carbocycles. The molecule has 1 unspecified atom stereocenters. The Labute approximate surface area is 265 Å². The standard InChI is InChI=1S/C34H39BrN2O5S/c1-20-16-29(40-6)27(25-13-15-37(31(20)25)33(39)42-34(3,4)5)19-36-14-12-24(26-18-30(35)43-21(26)2)17-28(36)22-8-10-23(11-9-22)32(38)41-7/h8-11,13,15-16,18,24,28H,12,14,17,19H2,1-7H3/t24?,28-/m0/s1. The quantitative estimate of drug-likeness (QED) is 0.192. The van der Waals surface area contributed by atoms with E-state index < -0.39 is 11.7 Å². The smallest absolute Gasteiger partial charge is 0.419 e. The summed E-state index contributed by atoms with van der Waals surface area (Å²) in [6.45, 7) is 11.3. The molecule has 9 heteroatoms. The Bertz CT molecular complexity index is 1650. The lowest BCUT2D eigenvalue weighted by Gasteiger charge is -2.40. The molecule has 7 nitrogen and oxygen atoms in total. The first-order chi connectivity index (χ1) is 20.4. The van der Waals surface area contributed by atoms with Gasteiger partial charge in [-0.25, -0.2) is 9.59 Å². The lowest BCUT2D eigenvalue weighted by Crippen LogP contribution is -2.36. The van der Waals surface area contributed by atoms with Gasteiger partial charge < -0.3 is 14.2 Å². The number of likely N-dealkylation sites (tertiary alicyclic amines) is 1. The number of methoxy groups -OCH3 is 2. The molecule has 0 N–H and O–H groups in total. The highest BCUT2D eigenvalue weighted by atomic mass is 79.9. The van der Waals surface area contributed by atoms with Crippen molar-refractivity contribution in [3.8, 4) is 5.75 Å². The second-order valence-electron chi connectivity index (χ2n) is 12.2. The van der Waals surface area contributed by atoms with Crippen molar-refractivity contribution in [2.75, 3.05) is 20.8 Å². The van der Waals surface area contributed by atoms with E-state index in [4.69, 9.17) is 14.2 Å². The largest absolute Gasteiger partial charge is 0.496 e. The number of benzene rings is 2. The molecule has 5 rings (SSSR count). The Kier molecular flexibility index (Phi) is 9.07. The van der Waals surface area contributed by atoms with Crippen LogP contribution in [0.2, 0.25) is 0 Å². The van der Waals surface area contributed by atoms with Gasteiger partial charge in [-0.2, -0.15) is 0 Å². The van der Waals surface area contributed by atoms with E-state index in [0.29, 0.717) is 18.0 Å². The number of aryl methyl sites for hydroxylation is 2. The van der Waals surface area contributed by atoms with E-state index >= 15 is 0 Å². The van der Waals surface area contributed by atoms with Gasteiger partial charge in [0.05, 0.1) is 29.1 Å². The topological polar surface area (TPSA) is 70.0 Å². The number of carbonyl (C=O) groups excluding carboxylic acids is 2. The number of thiophene rings is 1. The SMILES string of the molecule is COC(=O)c1ccc([C@@H]2CC(c3cc(Br)sc3C)CCN2Cc2c(OC)cc(C)c3c2ccn3C(=O)OC(C)(C)C)cc1. The van der Waals surface area contributed by atoms with Gasteiger partial charge in [0, 0.05) is 34.6 Å². The van der Waals surface area contributed by atoms with Gasteiger partial charge >= 0.3 is 12.1 Å². The normalized spacial score (nSPS) is 17.7. The molecule has 0 spiro atoms. The summed E-state index contributed by atoms with van der Waals surface area (Å²) in [5, 5.41) is 0.974. The van der Waals surface area contributed by atoms with Gasteiger partial charge in [0.25, 0.3) is 0 Å². The van der Waals surface area contributed by atoms with Crippen molar-refractivity contribution < 1.29 is 23.8 Å². The average Bonchev–Trinajstić information content (AvgIpc) is 3.56. The molecule has 0 radical (unpaired) electrons. The van der Waals surface area contributed by atoms with Crippen LogP contribution in [0.4, 0.5) is 4.79 Å². The Morgan fingerprint density at radius 3 is 2.40 bits per heavy atom. The molecule has 0 bridgehead atoms. The van der Waals surface area contributed by atoms with Gasteiger partial charge in [0.2, 0.25) is 0 Å². The maximum atomic E-state index is 13.1. The minimum Gasteiger partial charge on any atom is -0.496 e. The Morgan fingerprint density at radius 1 is 1.07 bits per heavy atom. The first-order valence-corrected chi connectivity index (χ1v) is 16.1. The first-order valence-electron chi connectivity index (χ1n) is 14.5. The molecule has 0 saturated carbocycles. The zero-order valence-corrected chi connectivity index (χ0v) is 28.2. The number of esters is 1. The van der Waals surface area contributed by atoms with Crippen molar-refractivity contribution in [3.63, 3.8) is 0 Å². The molecule has 2 aromatic carbocycles. The molecule has 228 valence electrons. The maximum Gasteiger partial charge on any atom is 0.419 e. The van der Waals surface area contributed by atoms with E-state index in [2.05, 4.69) is 33.8 Å². The summed E-state index contributed by atoms with van der Waals surface area (Å²) < 4.78 is 19.3. The fourth-order valence-corrected chi connectivity index (χ4v) is 8.03. The van der Waals surface area contributed by atoms with Crippen LogP contribution in [0, 0.1) is 13.8 Å². The molecule has 4 aromatic rings. The molecule has 1 aliphatic heterocycles. The number of rotatable bonds is 6. The minimum absolute atomic E-state index is 0.109. The van der Waals surface area contributed by atoms with Gasteiger partial charge in [-0.3, -0.25) is 9.47 Å². The van der Waals surface area contributed by atoms with Gasteiger partial charge in [-0.05, 0) is 123 Å². The molecule has 1 fully saturated rings. The number of aromatic nitrogens is 1. The van der Waals surface area contributed by atoms with Crippen LogP contribution in [-0.4, -0.2) is 47.9 Å². The second-order valence-corrected chi connectivity index (χ2v) is 14.8. The van der Waals surface area contributed by atoms with E-state index in [-0.39, 0.29) is 12.0 Å². The third kappa shape index (κ3) is 6.54. The van der Waals surface area contributed by atoms with Gasteiger partial charge in [-0.15, -0.1) is 11.3 Å². The zero-order chi connectivity index (χ0) is 31.1. The number of piperidine rings is 1. The summed E-state index contributed by atoms with van der Waals surface area (Å²) in [4.78, 5) is 29.1. The van der Waals surface area contributed by atoms with Gasteiger partial charge in [-0.1, -0.05) is 12.1 Å². The lowest BCUT2D eigenvalue weighted by atomic mass is 9.82. The minimum atomic E-state index is -0.603. The monoisotopic (exact) mass is 666 g/mol. The van der Waals surface area contributed by atoms with Crippen LogP contribution in [-0.2, 0) is 16.0 Å². The number of ether oxygens (including phenoxy) is 3. The molecule has 43 heavy (non-hydrogen) atoms. The van der Waals surface area contributed by atoms with E-state index in [9.17, 15) is 9.59 Å². The number of halogens is 1. The molecule has 2 atom stereocenters. The Balaban J connectivity index is 1.54. The predicted molar refractivity (Wildman–Crippen MR) is 175 cm³/mol. The van der Waals surface area contributed by atoms with Crippen molar-refractivity contribution in [1.82, 2.24) is 9.47 Å². The van der Waals surface area contributed by atoms with Crippen molar-refractivity contribution >= 4 is 50.2 Å². The zero-order valence-electron chi connectivity index (χ0n) is 25.8. The summed E-state index contributed by atoms with van der Waals surface area (Å²) >= 11 is 5.46. The average molecular weight is 668 g/mol. The molecule has 3 heterocycles. The van der Waals surface area contributed by atoms with Crippen LogP contribution < -0.4 is 4.74 Å². The molecule has 1 aliphatic rings. The van der Waals surface area contributed by atoms with E-state index in [1.54, 1.807) is 29.2 Å². The number of nitrogens with zero attached hydrogens (tertiary/aromatic N) is 2. The molecule has 1 saturated heterocycles. The highest BCUT2D eigenvalue weighted by molar-refractivity contribution is 9.11.